The lowest BCUT2D eigenvalue weighted by molar-refractivity contribution is -0.385. The van der Waals surface area contributed by atoms with Crippen molar-refractivity contribution in [3.63, 3.8) is 0 Å². The molecule has 0 saturated carbocycles. The Morgan fingerprint density at radius 1 is 1.13 bits per heavy atom. The monoisotopic (exact) mass is 464 g/mol. The number of nitrogens with zero attached hydrogens (tertiary/aromatic N) is 7. The Hall–Kier alpha value is -3.02. The highest BCUT2D eigenvalue weighted by molar-refractivity contribution is 7.15. The van der Waals surface area contributed by atoms with Gasteiger partial charge in [0.15, 0.2) is 5.82 Å². The van der Waals surface area contributed by atoms with E-state index in [2.05, 4.69) is 25.7 Å². The molecule has 1 aromatic carbocycles. The van der Waals surface area contributed by atoms with Crippen LogP contribution in [0.25, 0.3) is 0 Å². The lowest BCUT2D eigenvalue weighted by Crippen LogP contribution is -2.02. The number of aromatic nitrogens is 6. The lowest BCUT2D eigenvalue weighted by Gasteiger charge is -2.06. The van der Waals surface area contributed by atoms with Crippen molar-refractivity contribution in [1.82, 2.24) is 29.8 Å². The number of nitrogens with one attached hydrogen (secondary N) is 1. The number of halogens is 2. The van der Waals surface area contributed by atoms with Crippen molar-refractivity contribution in [2.45, 2.75) is 20.0 Å². The van der Waals surface area contributed by atoms with Crippen LogP contribution in [-0.4, -0.2) is 34.7 Å². The zero-order valence-electron chi connectivity index (χ0n) is 15.5. The van der Waals surface area contributed by atoms with Gasteiger partial charge in [-0.2, -0.15) is 10.2 Å². The third-order valence-corrected chi connectivity index (χ3v) is 5.67. The van der Waals surface area contributed by atoms with E-state index in [1.54, 1.807) is 42.1 Å². The third-order valence-electron chi connectivity index (χ3n) is 4.14. The number of hydrogen-bond acceptors (Lipinski definition) is 8. The molecule has 0 fully saturated rings. The molecule has 0 atom stereocenters. The zero-order chi connectivity index (χ0) is 21.3. The second-order valence-corrected chi connectivity index (χ2v) is 8.16. The van der Waals surface area contributed by atoms with Crippen molar-refractivity contribution in [2.24, 2.45) is 0 Å². The first-order valence-corrected chi connectivity index (χ1v) is 10.2. The van der Waals surface area contributed by atoms with Gasteiger partial charge in [-0.3, -0.25) is 19.5 Å². The van der Waals surface area contributed by atoms with Crippen molar-refractivity contribution in [1.29, 1.82) is 0 Å². The molecule has 1 N–H and O–H groups in total. The van der Waals surface area contributed by atoms with Crippen LogP contribution in [0, 0.1) is 17.0 Å². The Labute approximate surface area is 184 Å². The molecule has 0 aliphatic rings. The first-order valence-electron chi connectivity index (χ1n) is 8.63. The summed E-state index contributed by atoms with van der Waals surface area (Å²) in [7, 11) is 0. The molecule has 0 bridgehead atoms. The Kier molecular flexibility index (Phi) is 5.66. The fourth-order valence-corrected chi connectivity index (χ4v) is 4.00. The Bertz CT molecular complexity index is 1200. The van der Waals surface area contributed by atoms with Crippen LogP contribution in [0.3, 0.4) is 0 Å². The third kappa shape index (κ3) is 4.42. The van der Waals surface area contributed by atoms with Crippen LogP contribution >= 0.6 is 34.5 Å². The van der Waals surface area contributed by atoms with Crippen LogP contribution < -0.4 is 5.32 Å². The van der Waals surface area contributed by atoms with E-state index in [1.165, 1.54) is 22.2 Å². The molecule has 154 valence electrons. The first kappa shape index (κ1) is 20.3. The molecule has 4 rings (SSSR count). The highest BCUT2D eigenvalue weighted by Gasteiger charge is 2.16. The minimum absolute atomic E-state index is 0.0259. The van der Waals surface area contributed by atoms with Crippen molar-refractivity contribution >= 4 is 51.2 Å². The Morgan fingerprint density at radius 3 is 2.60 bits per heavy atom. The van der Waals surface area contributed by atoms with Crippen LogP contribution in [-0.2, 0) is 13.1 Å². The van der Waals surface area contributed by atoms with Gasteiger partial charge in [-0.05, 0) is 19.1 Å². The maximum absolute atomic E-state index is 10.9. The van der Waals surface area contributed by atoms with E-state index >= 15 is 0 Å². The fourth-order valence-electron chi connectivity index (χ4n) is 2.75. The second kappa shape index (κ2) is 8.38. The summed E-state index contributed by atoms with van der Waals surface area (Å²) in [5, 5.41) is 33.1. The van der Waals surface area contributed by atoms with Gasteiger partial charge in [0.05, 0.1) is 18.0 Å². The van der Waals surface area contributed by atoms with Crippen molar-refractivity contribution in [2.75, 3.05) is 5.32 Å². The van der Waals surface area contributed by atoms with Gasteiger partial charge in [-0.15, -0.1) is 10.2 Å². The van der Waals surface area contributed by atoms with Crippen LogP contribution in [0.5, 0.6) is 0 Å². The molecule has 3 heterocycles. The summed E-state index contributed by atoms with van der Waals surface area (Å²) < 4.78 is 3.18. The summed E-state index contributed by atoms with van der Waals surface area (Å²) in [5.41, 5.74) is 1.12. The molecular formula is C17H14Cl2N8O2S. The quantitative estimate of drug-likeness (QED) is 0.320. The van der Waals surface area contributed by atoms with Crippen LogP contribution in [0.4, 0.5) is 16.6 Å². The minimum atomic E-state index is -0.460. The number of benzene rings is 1. The number of rotatable bonds is 7. The van der Waals surface area contributed by atoms with E-state index < -0.39 is 4.92 Å². The van der Waals surface area contributed by atoms with Crippen LogP contribution in [0.1, 0.15) is 16.3 Å². The Balaban J connectivity index is 1.42. The summed E-state index contributed by atoms with van der Waals surface area (Å²) in [6, 6.07) is 7.15. The van der Waals surface area contributed by atoms with Crippen molar-refractivity contribution < 1.29 is 4.92 Å². The summed E-state index contributed by atoms with van der Waals surface area (Å²) in [6.45, 7) is 2.31. The van der Waals surface area contributed by atoms with E-state index in [1.807, 2.05) is 0 Å². The highest BCUT2D eigenvalue weighted by atomic mass is 35.5. The second-order valence-electron chi connectivity index (χ2n) is 6.28. The molecule has 0 aliphatic carbocycles. The Morgan fingerprint density at radius 2 is 1.90 bits per heavy atom. The van der Waals surface area contributed by atoms with E-state index in [0.717, 1.165) is 5.56 Å². The fraction of sp³-hybridized carbons (Fsp3) is 0.176. The van der Waals surface area contributed by atoms with Gasteiger partial charge in [0.25, 0.3) is 0 Å². The normalized spacial score (nSPS) is 11.0. The molecule has 0 saturated heterocycles. The maximum atomic E-state index is 10.9. The molecule has 10 nitrogen and oxygen atoms in total. The lowest BCUT2D eigenvalue weighted by atomic mass is 10.2. The SMILES string of the molecule is Cc1nn(Cc2nnc(Nc3ccn(Cc4c(Cl)cccc4Cl)n3)s2)cc1[N+](=O)[O-]. The molecular weight excluding hydrogens is 451 g/mol. The van der Waals surface area contributed by atoms with Gasteiger partial charge in [0.1, 0.15) is 16.9 Å². The molecule has 13 heteroatoms. The summed E-state index contributed by atoms with van der Waals surface area (Å²) in [5.74, 6) is 0.589. The molecule has 0 radical (unpaired) electrons. The topological polar surface area (TPSA) is 117 Å². The number of anilines is 2. The van der Waals surface area contributed by atoms with Gasteiger partial charge in [-0.1, -0.05) is 40.6 Å². The van der Waals surface area contributed by atoms with E-state index in [4.69, 9.17) is 23.2 Å². The van der Waals surface area contributed by atoms with Crippen LogP contribution in [0.15, 0.2) is 36.7 Å². The predicted octanol–water partition coefficient (Wildman–Crippen LogP) is 4.29. The van der Waals surface area contributed by atoms with Gasteiger partial charge in [0, 0.05) is 27.9 Å². The first-order chi connectivity index (χ1) is 14.4. The van der Waals surface area contributed by atoms with Gasteiger partial charge >= 0.3 is 5.69 Å². The average molecular weight is 465 g/mol. The summed E-state index contributed by atoms with van der Waals surface area (Å²) >= 11 is 13.7. The molecule has 0 spiro atoms. The summed E-state index contributed by atoms with van der Waals surface area (Å²) in [4.78, 5) is 10.5. The molecule has 4 aromatic rings. The van der Waals surface area contributed by atoms with Crippen molar-refractivity contribution in [3.8, 4) is 0 Å². The molecule has 3 aromatic heterocycles. The van der Waals surface area contributed by atoms with E-state index in [0.29, 0.717) is 38.2 Å². The number of nitro groups is 1. The standard InChI is InChI=1S/C17H14Cl2N8O2S/c1-10-14(27(28)29)8-26(23-10)9-16-21-22-17(30-16)20-15-5-6-25(24-15)7-11-12(18)3-2-4-13(11)19/h2-6,8H,7,9H2,1H3,(H,20,22,24). The summed E-state index contributed by atoms with van der Waals surface area (Å²) in [6.07, 6.45) is 3.18. The van der Waals surface area contributed by atoms with Gasteiger partial charge in [-0.25, -0.2) is 0 Å². The number of hydrogen-bond donors (Lipinski definition) is 1. The predicted molar refractivity (Wildman–Crippen MR) is 114 cm³/mol. The van der Waals surface area contributed by atoms with Gasteiger partial charge in [0.2, 0.25) is 5.13 Å². The van der Waals surface area contributed by atoms with Crippen molar-refractivity contribution in [3.05, 3.63) is 73.1 Å². The smallest absolute Gasteiger partial charge is 0.309 e. The molecule has 30 heavy (non-hydrogen) atoms. The van der Waals surface area contributed by atoms with E-state index in [-0.39, 0.29) is 12.2 Å². The average Bonchev–Trinajstić information content (AvgIpc) is 3.40. The molecule has 0 unspecified atom stereocenters. The largest absolute Gasteiger partial charge is 0.313 e. The van der Waals surface area contributed by atoms with Crippen LogP contribution in [0.2, 0.25) is 10.0 Å². The maximum Gasteiger partial charge on any atom is 0.309 e. The molecule has 0 aliphatic heterocycles. The van der Waals surface area contributed by atoms with E-state index in [9.17, 15) is 10.1 Å². The zero-order valence-corrected chi connectivity index (χ0v) is 17.8. The highest BCUT2D eigenvalue weighted by Crippen LogP contribution is 2.26. The number of aryl methyl sites for hydroxylation is 1. The molecule has 0 amide bonds. The van der Waals surface area contributed by atoms with Gasteiger partial charge < -0.3 is 5.32 Å². The minimum Gasteiger partial charge on any atom is -0.313 e.